The second-order valence-electron chi connectivity index (χ2n) is 4.25. The summed E-state index contributed by atoms with van der Waals surface area (Å²) in [6, 6.07) is -0.207. The number of morpholine rings is 1. The van der Waals surface area contributed by atoms with E-state index in [1.54, 1.807) is 0 Å². The summed E-state index contributed by atoms with van der Waals surface area (Å²) in [6.45, 7) is 2.83. The SMILES string of the molecule is OC[C@H]1OC[C@@H](N2CCOCC2)[C@@H](O)[C@H]1O. The molecule has 0 aromatic rings. The predicted octanol–water partition coefficient (Wildman–Crippen LogP) is -2.20. The van der Waals surface area contributed by atoms with Crippen molar-refractivity contribution in [2.24, 2.45) is 0 Å². The lowest BCUT2D eigenvalue weighted by Crippen LogP contribution is -2.61. The molecule has 0 saturated carbocycles. The van der Waals surface area contributed by atoms with Crippen LogP contribution in [0.2, 0.25) is 0 Å². The van der Waals surface area contributed by atoms with Gasteiger partial charge in [0.25, 0.3) is 0 Å². The molecule has 16 heavy (non-hydrogen) atoms. The summed E-state index contributed by atoms with van der Waals surface area (Å²) >= 11 is 0. The van der Waals surface area contributed by atoms with Crippen molar-refractivity contribution in [2.45, 2.75) is 24.4 Å². The number of aliphatic hydroxyl groups is 3. The maximum absolute atomic E-state index is 9.97. The Kier molecular flexibility index (Phi) is 4.12. The van der Waals surface area contributed by atoms with Crippen molar-refractivity contribution in [3.05, 3.63) is 0 Å². The lowest BCUT2D eigenvalue weighted by Gasteiger charge is -2.43. The van der Waals surface area contributed by atoms with Crippen molar-refractivity contribution in [1.29, 1.82) is 0 Å². The van der Waals surface area contributed by atoms with Crippen molar-refractivity contribution >= 4 is 0 Å². The number of aliphatic hydroxyl groups excluding tert-OH is 3. The summed E-state index contributed by atoms with van der Waals surface area (Å²) in [7, 11) is 0. The molecule has 0 spiro atoms. The molecule has 0 unspecified atom stereocenters. The van der Waals surface area contributed by atoms with E-state index in [0.717, 1.165) is 13.1 Å². The molecule has 0 aromatic heterocycles. The average molecular weight is 233 g/mol. The fourth-order valence-electron chi connectivity index (χ4n) is 2.26. The molecule has 3 N–H and O–H groups in total. The molecule has 2 heterocycles. The molecular formula is C10H19NO5. The average Bonchev–Trinajstić information content (AvgIpc) is 2.34. The van der Waals surface area contributed by atoms with E-state index in [-0.39, 0.29) is 12.6 Å². The summed E-state index contributed by atoms with van der Waals surface area (Å²) in [5.41, 5.74) is 0. The van der Waals surface area contributed by atoms with Crippen LogP contribution in [0.25, 0.3) is 0 Å². The van der Waals surface area contributed by atoms with Crippen LogP contribution >= 0.6 is 0 Å². The van der Waals surface area contributed by atoms with Gasteiger partial charge in [0.05, 0.1) is 32.5 Å². The molecule has 0 bridgehead atoms. The minimum Gasteiger partial charge on any atom is -0.394 e. The molecule has 2 aliphatic rings. The van der Waals surface area contributed by atoms with Gasteiger partial charge < -0.3 is 24.8 Å². The van der Waals surface area contributed by atoms with Gasteiger partial charge in [0.15, 0.2) is 0 Å². The van der Waals surface area contributed by atoms with E-state index in [4.69, 9.17) is 14.6 Å². The molecule has 0 aromatic carbocycles. The van der Waals surface area contributed by atoms with Crippen molar-refractivity contribution in [3.63, 3.8) is 0 Å². The Labute approximate surface area is 94.4 Å². The third-order valence-electron chi connectivity index (χ3n) is 3.30. The maximum atomic E-state index is 9.97. The van der Waals surface area contributed by atoms with Crippen molar-refractivity contribution < 1.29 is 24.8 Å². The minimum absolute atomic E-state index is 0.207. The van der Waals surface area contributed by atoms with E-state index in [1.807, 2.05) is 0 Å². The van der Waals surface area contributed by atoms with Crippen LogP contribution in [-0.2, 0) is 9.47 Å². The van der Waals surface area contributed by atoms with Crippen LogP contribution in [0, 0.1) is 0 Å². The van der Waals surface area contributed by atoms with Gasteiger partial charge in [-0.15, -0.1) is 0 Å². The van der Waals surface area contributed by atoms with Gasteiger partial charge >= 0.3 is 0 Å². The number of hydrogen-bond donors (Lipinski definition) is 3. The van der Waals surface area contributed by atoms with Crippen LogP contribution in [0.3, 0.4) is 0 Å². The van der Waals surface area contributed by atoms with E-state index in [0.29, 0.717) is 19.8 Å². The highest BCUT2D eigenvalue weighted by Crippen LogP contribution is 2.20. The zero-order valence-corrected chi connectivity index (χ0v) is 9.16. The van der Waals surface area contributed by atoms with Crippen LogP contribution in [0.5, 0.6) is 0 Å². The highest BCUT2D eigenvalue weighted by molar-refractivity contribution is 4.92. The molecule has 94 valence electrons. The van der Waals surface area contributed by atoms with Crippen LogP contribution in [-0.4, -0.2) is 84.1 Å². The largest absolute Gasteiger partial charge is 0.394 e. The maximum Gasteiger partial charge on any atom is 0.110 e. The van der Waals surface area contributed by atoms with Crippen LogP contribution < -0.4 is 0 Å². The Morgan fingerprint density at radius 3 is 2.44 bits per heavy atom. The number of rotatable bonds is 2. The topological polar surface area (TPSA) is 82.4 Å². The summed E-state index contributed by atoms with van der Waals surface area (Å²) in [6.07, 6.45) is -2.57. The van der Waals surface area contributed by atoms with Crippen LogP contribution in [0.1, 0.15) is 0 Å². The quantitative estimate of drug-likeness (QED) is 0.502. The fraction of sp³-hybridized carbons (Fsp3) is 1.00. The zero-order chi connectivity index (χ0) is 11.5. The monoisotopic (exact) mass is 233 g/mol. The van der Waals surface area contributed by atoms with Gasteiger partial charge in [-0.25, -0.2) is 0 Å². The van der Waals surface area contributed by atoms with Crippen LogP contribution in [0.4, 0.5) is 0 Å². The standard InChI is InChI=1S/C10H19NO5/c12-5-8-10(14)9(13)7(6-16-8)11-1-3-15-4-2-11/h7-10,12-14H,1-6H2/t7-,8-,9-,10+/m1/s1. The van der Waals surface area contributed by atoms with Gasteiger partial charge in [0.1, 0.15) is 18.3 Å². The van der Waals surface area contributed by atoms with Gasteiger partial charge in [0.2, 0.25) is 0 Å². The van der Waals surface area contributed by atoms with E-state index in [1.165, 1.54) is 0 Å². The Morgan fingerprint density at radius 1 is 1.12 bits per heavy atom. The Balaban J connectivity index is 1.95. The first-order chi connectivity index (χ1) is 7.74. The highest BCUT2D eigenvalue weighted by atomic mass is 16.5. The molecule has 6 nitrogen and oxygen atoms in total. The van der Waals surface area contributed by atoms with E-state index in [2.05, 4.69) is 4.90 Å². The third kappa shape index (κ3) is 2.37. The lowest BCUT2D eigenvalue weighted by molar-refractivity contribution is -0.187. The lowest BCUT2D eigenvalue weighted by atomic mass is 9.97. The zero-order valence-electron chi connectivity index (χ0n) is 9.16. The van der Waals surface area contributed by atoms with E-state index in [9.17, 15) is 10.2 Å². The van der Waals surface area contributed by atoms with E-state index < -0.39 is 18.3 Å². The summed E-state index contributed by atoms with van der Waals surface area (Å²) < 4.78 is 10.6. The normalized spacial score (nSPS) is 42.2. The summed E-state index contributed by atoms with van der Waals surface area (Å²) in [4.78, 5) is 2.06. The van der Waals surface area contributed by atoms with Gasteiger partial charge in [0, 0.05) is 13.1 Å². The predicted molar refractivity (Wildman–Crippen MR) is 55.0 cm³/mol. The third-order valence-corrected chi connectivity index (χ3v) is 3.30. The Hall–Kier alpha value is -0.240. The first-order valence-corrected chi connectivity index (χ1v) is 5.64. The summed E-state index contributed by atoms with van der Waals surface area (Å²) in [5, 5.41) is 28.7. The molecule has 6 heteroatoms. The molecule has 0 aliphatic carbocycles. The smallest absolute Gasteiger partial charge is 0.110 e. The molecule has 2 rings (SSSR count). The van der Waals surface area contributed by atoms with Crippen molar-refractivity contribution in [3.8, 4) is 0 Å². The summed E-state index contributed by atoms with van der Waals surface area (Å²) in [5.74, 6) is 0. The number of nitrogens with zero attached hydrogens (tertiary/aromatic N) is 1. The first-order valence-electron chi connectivity index (χ1n) is 5.64. The van der Waals surface area contributed by atoms with Crippen LogP contribution in [0.15, 0.2) is 0 Å². The van der Waals surface area contributed by atoms with E-state index >= 15 is 0 Å². The Morgan fingerprint density at radius 2 is 1.81 bits per heavy atom. The van der Waals surface area contributed by atoms with Gasteiger partial charge in [-0.3, -0.25) is 4.90 Å². The Bertz CT molecular complexity index is 221. The van der Waals surface area contributed by atoms with Gasteiger partial charge in [-0.05, 0) is 0 Å². The fourth-order valence-corrected chi connectivity index (χ4v) is 2.26. The minimum atomic E-state index is -1.02. The highest BCUT2D eigenvalue weighted by Gasteiger charge is 2.40. The molecule has 0 amide bonds. The molecule has 4 atom stereocenters. The molecule has 2 aliphatic heterocycles. The van der Waals surface area contributed by atoms with Crippen molar-refractivity contribution in [2.75, 3.05) is 39.5 Å². The second-order valence-corrected chi connectivity index (χ2v) is 4.25. The van der Waals surface area contributed by atoms with Gasteiger partial charge in [-0.2, -0.15) is 0 Å². The molecule has 0 radical (unpaired) electrons. The second kappa shape index (κ2) is 5.39. The molecular weight excluding hydrogens is 214 g/mol. The number of ether oxygens (including phenoxy) is 2. The van der Waals surface area contributed by atoms with Crippen molar-refractivity contribution in [1.82, 2.24) is 4.90 Å². The number of hydrogen-bond acceptors (Lipinski definition) is 6. The molecule has 2 fully saturated rings. The molecule has 2 saturated heterocycles. The first kappa shape index (κ1) is 12.2. The van der Waals surface area contributed by atoms with Gasteiger partial charge in [-0.1, -0.05) is 0 Å².